The Kier molecular flexibility index (Phi) is 3.75. The van der Waals surface area contributed by atoms with Gasteiger partial charge in [0.05, 0.1) is 18.6 Å². The first kappa shape index (κ1) is 14.9. The molecule has 0 N–H and O–H groups in total. The van der Waals surface area contributed by atoms with Crippen LogP contribution < -0.4 is 0 Å². The van der Waals surface area contributed by atoms with E-state index in [2.05, 4.69) is 10.2 Å². The second-order valence-electron chi connectivity index (χ2n) is 6.71. The number of furan rings is 1. The van der Waals surface area contributed by atoms with Gasteiger partial charge in [-0.25, -0.2) is 8.42 Å². The Morgan fingerprint density at radius 2 is 1.96 bits per heavy atom. The molecule has 2 aromatic rings. The summed E-state index contributed by atoms with van der Waals surface area (Å²) in [5, 5.41) is 8.36. The summed E-state index contributed by atoms with van der Waals surface area (Å²) in [7, 11) is -3.41. The van der Waals surface area contributed by atoms with E-state index in [0.717, 1.165) is 50.1 Å². The molecule has 0 bridgehead atoms. The lowest BCUT2D eigenvalue weighted by molar-refractivity contribution is 0.473. The van der Waals surface area contributed by atoms with Gasteiger partial charge >= 0.3 is 0 Å². The van der Waals surface area contributed by atoms with Gasteiger partial charge in [-0.1, -0.05) is 12.8 Å². The number of aromatic nitrogens is 3. The molecule has 23 heavy (non-hydrogen) atoms. The SMILES string of the molecule is O=S(=O)(CC1CCCC1)c1nnc(C2CC2)n1Cc1ccco1. The van der Waals surface area contributed by atoms with Crippen molar-refractivity contribution in [3.8, 4) is 0 Å². The predicted octanol–water partition coefficient (Wildman–Crippen LogP) is 2.76. The van der Waals surface area contributed by atoms with E-state index in [1.807, 2.05) is 12.1 Å². The minimum atomic E-state index is -3.41. The normalized spacial score (nSPS) is 19.5. The first-order chi connectivity index (χ1) is 11.1. The molecule has 2 saturated carbocycles. The van der Waals surface area contributed by atoms with Crippen LogP contribution in [0.2, 0.25) is 0 Å². The molecule has 2 aromatic heterocycles. The van der Waals surface area contributed by atoms with Crippen molar-refractivity contribution >= 4 is 9.84 Å². The quantitative estimate of drug-likeness (QED) is 0.811. The smallest absolute Gasteiger partial charge is 0.250 e. The summed E-state index contributed by atoms with van der Waals surface area (Å²) >= 11 is 0. The lowest BCUT2D eigenvalue weighted by atomic mass is 10.1. The van der Waals surface area contributed by atoms with Gasteiger partial charge in [-0.05, 0) is 43.7 Å². The second-order valence-corrected chi connectivity index (χ2v) is 8.64. The minimum absolute atomic E-state index is 0.114. The second kappa shape index (κ2) is 5.78. The van der Waals surface area contributed by atoms with Crippen molar-refractivity contribution < 1.29 is 12.8 Å². The summed E-state index contributed by atoms with van der Waals surface area (Å²) in [6, 6.07) is 3.66. The van der Waals surface area contributed by atoms with Gasteiger partial charge in [0, 0.05) is 5.92 Å². The Balaban J connectivity index is 1.66. The topological polar surface area (TPSA) is 78.0 Å². The van der Waals surface area contributed by atoms with Gasteiger partial charge in [-0.2, -0.15) is 0 Å². The highest BCUT2D eigenvalue weighted by molar-refractivity contribution is 7.91. The predicted molar refractivity (Wildman–Crippen MR) is 83.8 cm³/mol. The Hall–Kier alpha value is -1.63. The van der Waals surface area contributed by atoms with E-state index in [0.29, 0.717) is 12.5 Å². The Bertz CT molecular complexity index is 770. The third-order valence-electron chi connectivity index (χ3n) is 4.79. The molecule has 2 heterocycles. The average molecular weight is 335 g/mol. The molecule has 6 nitrogen and oxygen atoms in total. The molecule has 0 spiro atoms. The lowest BCUT2D eigenvalue weighted by Crippen LogP contribution is -2.19. The standard InChI is InChI=1S/C16H21N3O3S/c20-23(21,11-12-4-1-2-5-12)16-18-17-15(13-7-8-13)19(16)10-14-6-3-9-22-14/h3,6,9,12-13H,1-2,4-5,7-8,10-11H2. The van der Waals surface area contributed by atoms with Crippen LogP contribution in [-0.4, -0.2) is 28.9 Å². The van der Waals surface area contributed by atoms with Crippen molar-refractivity contribution in [3.63, 3.8) is 0 Å². The van der Waals surface area contributed by atoms with Crippen molar-refractivity contribution in [2.24, 2.45) is 5.92 Å². The molecule has 4 rings (SSSR count). The fourth-order valence-electron chi connectivity index (χ4n) is 3.44. The van der Waals surface area contributed by atoms with E-state index in [1.54, 1.807) is 10.8 Å². The Morgan fingerprint density at radius 3 is 2.61 bits per heavy atom. The van der Waals surface area contributed by atoms with Crippen LogP contribution in [-0.2, 0) is 16.4 Å². The summed E-state index contributed by atoms with van der Waals surface area (Å²) in [6.07, 6.45) is 7.97. The van der Waals surface area contributed by atoms with Gasteiger partial charge in [0.2, 0.25) is 15.0 Å². The average Bonchev–Trinajstić information content (AvgIpc) is 2.96. The molecular weight excluding hydrogens is 314 g/mol. The summed E-state index contributed by atoms with van der Waals surface area (Å²) in [5.74, 6) is 2.30. The Labute approximate surface area is 135 Å². The molecule has 0 radical (unpaired) electrons. The largest absolute Gasteiger partial charge is 0.467 e. The maximum absolute atomic E-state index is 12.8. The molecule has 0 aromatic carbocycles. The summed E-state index contributed by atoms with van der Waals surface area (Å²) in [6.45, 7) is 0.380. The van der Waals surface area contributed by atoms with Crippen LogP contribution in [0.15, 0.2) is 28.0 Å². The number of rotatable bonds is 6. The van der Waals surface area contributed by atoms with Gasteiger partial charge in [0.25, 0.3) is 0 Å². The number of sulfone groups is 1. The number of hydrogen-bond acceptors (Lipinski definition) is 5. The van der Waals surface area contributed by atoms with Crippen molar-refractivity contribution in [3.05, 3.63) is 30.0 Å². The van der Waals surface area contributed by atoms with Gasteiger partial charge < -0.3 is 4.42 Å². The molecule has 2 fully saturated rings. The van der Waals surface area contributed by atoms with Crippen molar-refractivity contribution in [1.82, 2.24) is 14.8 Å². The molecule has 0 atom stereocenters. The third-order valence-corrected chi connectivity index (χ3v) is 6.56. The zero-order valence-corrected chi connectivity index (χ0v) is 13.8. The molecule has 124 valence electrons. The number of nitrogens with zero attached hydrogens (tertiary/aromatic N) is 3. The fourth-order valence-corrected chi connectivity index (χ4v) is 5.20. The van der Waals surface area contributed by atoms with Crippen molar-refractivity contribution in [1.29, 1.82) is 0 Å². The van der Waals surface area contributed by atoms with E-state index in [9.17, 15) is 8.42 Å². The minimum Gasteiger partial charge on any atom is -0.467 e. The molecule has 7 heteroatoms. The summed E-state index contributed by atoms with van der Waals surface area (Å²) < 4.78 is 32.8. The zero-order valence-electron chi connectivity index (χ0n) is 13.0. The van der Waals surface area contributed by atoms with Crippen LogP contribution in [0, 0.1) is 5.92 Å². The van der Waals surface area contributed by atoms with Crippen LogP contribution in [0.5, 0.6) is 0 Å². The molecule has 2 aliphatic rings. The molecule has 0 aliphatic heterocycles. The summed E-state index contributed by atoms with van der Waals surface area (Å²) in [4.78, 5) is 0. The van der Waals surface area contributed by atoms with Gasteiger partial charge in [-0.3, -0.25) is 4.57 Å². The molecular formula is C16H21N3O3S. The first-order valence-corrected chi connectivity index (χ1v) is 9.97. The monoisotopic (exact) mass is 335 g/mol. The first-order valence-electron chi connectivity index (χ1n) is 8.32. The number of hydrogen-bond donors (Lipinski definition) is 0. The maximum Gasteiger partial charge on any atom is 0.250 e. The maximum atomic E-state index is 12.8. The van der Waals surface area contributed by atoms with E-state index in [4.69, 9.17) is 4.42 Å². The molecule has 0 amide bonds. The molecule has 0 unspecified atom stereocenters. The van der Waals surface area contributed by atoms with Crippen molar-refractivity contribution in [2.75, 3.05) is 5.75 Å². The highest BCUT2D eigenvalue weighted by Crippen LogP contribution is 2.40. The summed E-state index contributed by atoms with van der Waals surface area (Å²) in [5.41, 5.74) is 0. The van der Waals surface area contributed by atoms with Gasteiger partial charge in [-0.15, -0.1) is 10.2 Å². The van der Waals surface area contributed by atoms with Gasteiger partial charge in [0.15, 0.2) is 0 Å². The van der Waals surface area contributed by atoms with Crippen LogP contribution in [0.25, 0.3) is 0 Å². The highest BCUT2D eigenvalue weighted by atomic mass is 32.2. The zero-order chi connectivity index (χ0) is 15.9. The Morgan fingerprint density at radius 1 is 1.17 bits per heavy atom. The van der Waals surface area contributed by atoms with Crippen LogP contribution >= 0.6 is 0 Å². The van der Waals surface area contributed by atoms with Crippen molar-refractivity contribution in [2.45, 2.75) is 56.1 Å². The van der Waals surface area contributed by atoms with Crippen LogP contribution in [0.4, 0.5) is 0 Å². The third kappa shape index (κ3) is 3.06. The van der Waals surface area contributed by atoms with Crippen LogP contribution in [0.3, 0.4) is 0 Å². The van der Waals surface area contributed by atoms with E-state index < -0.39 is 9.84 Å². The fraction of sp³-hybridized carbons (Fsp3) is 0.625. The molecule has 2 aliphatic carbocycles. The molecule has 0 saturated heterocycles. The van der Waals surface area contributed by atoms with E-state index >= 15 is 0 Å². The lowest BCUT2D eigenvalue weighted by Gasteiger charge is -2.12. The van der Waals surface area contributed by atoms with E-state index in [-0.39, 0.29) is 16.8 Å². The highest BCUT2D eigenvalue weighted by Gasteiger charge is 2.35. The van der Waals surface area contributed by atoms with Crippen LogP contribution in [0.1, 0.15) is 56.0 Å². The van der Waals surface area contributed by atoms with E-state index in [1.165, 1.54) is 0 Å². The van der Waals surface area contributed by atoms with Gasteiger partial charge in [0.1, 0.15) is 11.6 Å².